The molecular weight excluding hydrogens is 308 g/mol. The first-order chi connectivity index (χ1) is 11.1. The standard InChI is InChI=1S/C18H20N2O2S/c1-3-13-4-8-15(9-5-13)11-20-12(2)16(23-18(20)22)17(21)19-10-14-6-7-14/h3-5,8-9,14H,1,6-7,10-11H2,2H3,(H,19,21). The number of hydrogen-bond acceptors (Lipinski definition) is 3. The van der Waals surface area contributed by atoms with E-state index in [0.717, 1.165) is 28.2 Å². The summed E-state index contributed by atoms with van der Waals surface area (Å²) in [6.45, 7) is 6.76. The van der Waals surface area contributed by atoms with Crippen molar-refractivity contribution in [2.75, 3.05) is 6.54 Å². The first kappa shape index (κ1) is 15.7. The van der Waals surface area contributed by atoms with Crippen LogP contribution >= 0.6 is 11.3 Å². The fourth-order valence-electron chi connectivity index (χ4n) is 2.45. The second kappa shape index (κ2) is 6.54. The molecule has 1 fully saturated rings. The van der Waals surface area contributed by atoms with Crippen molar-refractivity contribution in [3.63, 3.8) is 0 Å². The lowest BCUT2D eigenvalue weighted by Gasteiger charge is -2.07. The molecule has 0 aliphatic heterocycles. The Morgan fingerprint density at radius 1 is 1.39 bits per heavy atom. The number of nitrogens with one attached hydrogen (secondary N) is 1. The smallest absolute Gasteiger partial charge is 0.308 e. The van der Waals surface area contributed by atoms with E-state index in [-0.39, 0.29) is 10.8 Å². The van der Waals surface area contributed by atoms with Crippen LogP contribution in [0.5, 0.6) is 0 Å². The Morgan fingerprint density at radius 3 is 2.70 bits per heavy atom. The Labute approximate surface area is 139 Å². The van der Waals surface area contributed by atoms with Gasteiger partial charge in [0.25, 0.3) is 5.91 Å². The third-order valence-electron chi connectivity index (χ3n) is 4.15. The molecule has 0 spiro atoms. The number of rotatable bonds is 6. The van der Waals surface area contributed by atoms with Crippen molar-refractivity contribution < 1.29 is 4.79 Å². The van der Waals surface area contributed by atoms with Gasteiger partial charge in [-0.15, -0.1) is 0 Å². The van der Waals surface area contributed by atoms with Crippen LogP contribution in [-0.2, 0) is 6.54 Å². The van der Waals surface area contributed by atoms with Crippen LogP contribution in [0.4, 0.5) is 0 Å². The molecule has 0 saturated heterocycles. The summed E-state index contributed by atoms with van der Waals surface area (Å²) in [4.78, 5) is 24.9. The number of benzene rings is 1. The molecule has 0 atom stereocenters. The lowest BCUT2D eigenvalue weighted by atomic mass is 10.1. The summed E-state index contributed by atoms with van der Waals surface area (Å²) in [6.07, 6.45) is 4.17. The summed E-state index contributed by atoms with van der Waals surface area (Å²) in [5.74, 6) is 0.499. The van der Waals surface area contributed by atoms with Gasteiger partial charge in [0.05, 0.1) is 6.54 Å². The van der Waals surface area contributed by atoms with Crippen LogP contribution in [0, 0.1) is 12.8 Å². The van der Waals surface area contributed by atoms with E-state index in [1.54, 1.807) is 10.6 Å². The summed E-state index contributed by atoms with van der Waals surface area (Å²) in [5.41, 5.74) is 2.81. The molecule has 1 aliphatic carbocycles. The van der Waals surface area contributed by atoms with Gasteiger partial charge >= 0.3 is 4.87 Å². The molecule has 2 aromatic rings. The molecular formula is C18H20N2O2S. The quantitative estimate of drug-likeness (QED) is 0.886. The van der Waals surface area contributed by atoms with Gasteiger partial charge in [0, 0.05) is 12.2 Å². The molecule has 23 heavy (non-hydrogen) atoms. The van der Waals surface area contributed by atoms with E-state index in [0.29, 0.717) is 23.9 Å². The van der Waals surface area contributed by atoms with Crippen LogP contribution in [0.1, 0.15) is 39.3 Å². The van der Waals surface area contributed by atoms with Crippen molar-refractivity contribution in [2.24, 2.45) is 5.92 Å². The molecule has 3 rings (SSSR count). The molecule has 120 valence electrons. The normalized spacial score (nSPS) is 13.8. The van der Waals surface area contributed by atoms with E-state index in [2.05, 4.69) is 11.9 Å². The highest BCUT2D eigenvalue weighted by molar-refractivity contribution is 7.11. The predicted molar refractivity (Wildman–Crippen MR) is 94.0 cm³/mol. The monoisotopic (exact) mass is 328 g/mol. The summed E-state index contributed by atoms with van der Waals surface area (Å²) >= 11 is 1.03. The summed E-state index contributed by atoms with van der Waals surface area (Å²) < 4.78 is 1.67. The van der Waals surface area contributed by atoms with E-state index in [9.17, 15) is 9.59 Å². The molecule has 1 aromatic heterocycles. The maximum Gasteiger partial charge on any atom is 0.308 e. The molecule has 1 amide bonds. The molecule has 1 saturated carbocycles. The highest BCUT2D eigenvalue weighted by Crippen LogP contribution is 2.27. The first-order valence-corrected chi connectivity index (χ1v) is 8.60. The van der Waals surface area contributed by atoms with Crippen LogP contribution in [0.15, 0.2) is 35.6 Å². The van der Waals surface area contributed by atoms with Crippen molar-refractivity contribution in [1.29, 1.82) is 0 Å². The number of amides is 1. The Hall–Kier alpha value is -2.14. The predicted octanol–water partition coefficient (Wildman–Crippen LogP) is 3.05. The average Bonchev–Trinajstić information content (AvgIpc) is 3.35. The number of carbonyl (C=O) groups excluding carboxylic acids is 1. The van der Waals surface area contributed by atoms with Gasteiger partial charge in [0.15, 0.2) is 0 Å². The second-order valence-corrected chi connectivity index (χ2v) is 6.93. The molecule has 0 radical (unpaired) electrons. The van der Waals surface area contributed by atoms with Crippen molar-refractivity contribution in [2.45, 2.75) is 26.3 Å². The van der Waals surface area contributed by atoms with E-state index in [1.807, 2.05) is 31.2 Å². The zero-order valence-corrected chi connectivity index (χ0v) is 14.0. The molecule has 1 N–H and O–H groups in total. The zero-order valence-electron chi connectivity index (χ0n) is 13.2. The van der Waals surface area contributed by atoms with E-state index in [1.165, 1.54) is 12.8 Å². The maximum absolute atomic E-state index is 12.2. The van der Waals surface area contributed by atoms with Gasteiger partial charge in [-0.1, -0.05) is 48.3 Å². The van der Waals surface area contributed by atoms with Gasteiger partial charge in [-0.05, 0) is 36.8 Å². The zero-order chi connectivity index (χ0) is 16.4. The van der Waals surface area contributed by atoms with Crippen LogP contribution in [-0.4, -0.2) is 17.0 Å². The fraction of sp³-hybridized carbons (Fsp3) is 0.333. The fourth-order valence-corrected chi connectivity index (χ4v) is 3.36. The van der Waals surface area contributed by atoms with Crippen molar-refractivity contribution in [1.82, 2.24) is 9.88 Å². The van der Waals surface area contributed by atoms with Crippen molar-refractivity contribution >= 4 is 23.3 Å². The third kappa shape index (κ3) is 3.62. The molecule has 5 heteroatoms. The Morgan fingerprint density at radius 2 is 2.09 bits per heavy atom. The maximum atomic E-state index is 12.2. The van der Waals surface area contributed by atoms with Crippen LogP contribution < -0.4 is 10.2 Å². The van der Waals surface area contributed by atoms with E-state index < -0.39 is 0 Å². The van der Waals surface area contributed by atoms with Crippen LogP contribution in [0.2, 0.25) is 0 Å². The highest BCUT2D eigenvalue weighted by atomic mass is 32.1. The number of thiazole rings is 1. The van der Waals surface area contributed by atoms with Crippen LogP contribution in [0.3, 0.4) is 0 Å². The molecule has 1 heterocycles. The molecule has 0 unspecified atom stereocenters. The lowest BCUT2D eigenvalue weighted by molar-refractivity contribution is 0.0954. The van der Waals surface area contributed by atoms with Gasteiger partial charge in [-0.2, -0.15) is 0 Å². The van der Waals surface area contributed by atoms with Gasteiger partial charge in [0.1, 0.15) is 4.88 Å². The minimum Gasteiger partial charge on any atom is -0.351 e. The Bertz CT molecular complexity index is 782. The van der Waals surface area contributed by atoms with Gasteiger partial charge in [0.2, 0.25) is 0 Å². The molecule has 1 aromatic carbocycles. The number of nitrogens with zero attached hydrogens (tertiary/aromatic N) is 1. The number of hydrogen-bond donors (Lipinski definition) is 1. The van der Waals surface area contributed by atoms with E-state index >= 15 is 0 Å². The number of carbonyl (C=O) groups is 1. The Kier molecular flexibility index (Phi) is 4.48. The minimum absolute atomic E-state index is 0.0909. The number of aromatic nitrogens is 1. The highest BCUT2D eigenvalue weighted by Gasteiger charge is 2.23. The molecule has 1 aliphatic rings. The van der Waals surface area contributed by atoms with Crippen molar-refractivity contribution in [3.05, 3.63) is 62.2 Å². The first-order valence-electron chi connectivity index (χ1n) is 7.78. The second-order valence-electron chi connectivity index (χ2n) is 5.97. The Balaban J connectivity index is 1.77. The topological polar surface area (TPSA) is 51.1 Å². The summed E-state index contributed by atoms with van der Waals surface area (Å²) in [6, 6.07) is 7.90. The average molecular weight is 328 g/mol. The minimum atomic E-state index is -0.128. The third-order valence-corrected chi connectivity index (χ3v) is 5.23. The van der Waals surface area contributed by atoms with E-state index in [4.69, 9.17) is 0 Å². The SMILES string of the molecule is C=Cc1ccc(Cn2c(C)c(C(=O)NCC3CC3)sc2=O)cc1. The van der Waals surface area contributed by atoms with Gasteiger partial charge < -0.3 is 5.32 Å². The van der Waals surface area contributed by atoms with Crippen molar-refractivity contribution in [3.8, 4) is 0 Å². The summed E-state index contributed by atoms with van der Waals surface area (Å²) in [5, 5.41) is 2.93. The molecule has 0 bridgehead atoms. The largest absolute Gasteiger partial charge is 0.351 e. The summed E-state index contributed by atoms with van der Waals surface area (Å²) in [7, 11) is 0. The molecule has 4 nitrogen and oxygen atoms in total. The van der Waals surface area contributed by atoms with Gasteiger partial charge in [-0.25, -0.2) is 0 Å². The lowest BCUT2D eigenvalue weighted by Crippen LogP contribution is -2.25. The van der Waals surface area contributed by atoms with Gasteiger partial charge in [-0.3, -0.25) is 14.2 Å². The van der Waals surface area contributed by atoms with Crippen LogP contribution in [0.25, 0.3) is 6.08 Å².